The molecule has 0 saturated carbocycles. The number of benzene rings is 2. The Hall–Kier alpha value is -2.71. The number of amides is 1. The van der Waals surface area contributed by atoms with Gasteiger partial charge in [0.2, 0.25) is 17.6 Å². The van der Waals surface area contributed by atoms with Gasteiger partial charge in [-0.05, 0) is 62.7 Å². The van der Waals surface area contributed by atoms with Gasteiger partial charge >= 0.3 is 0 Å². The Balaban J connectivity index is 1.23. The number of carbonyl (C=O) groups is 1. The summed E-state index contributed by atoms with van der Waals surface area (Å²) in [5, 5.41) is 7.08. The van der Waals surface area contributed by atoms with E-state index in [1.54, 1.807) is 23.9 Å². The first kappa shape index (κ1) is 22.5. The average molecular weight is 455 g/mol. The molecule has 2 heterocycles. The number of thioether (sulfide) groups is 1. The van der Waals surface area contributed by atoms with Gasteiger partial charge in [0.15, 0.2) is 0 Å². The molecule has 1 aliphatic rings. The van der Waals surface area contributed by atoms with Crippen molar-refractivity contribution in [3.63, 3.8) is 0 Å². The van der Waals surface area contributed by atoms with Crippen LogP contribution in [0.5, 0.6) is 0 Å². The maximum Gasteiger partial charge on any atom is 0.241 e. The molecular weight excluding hydrogens is 427 g/mol. The monoisotopic (exact) mass is 454 g/mol. The van der Waals surface area contributed by atoms with Crippen LogP contribution in [0.15, 0.2) is 57.9 Å². The zero-order valence-electron chi connectivity index (χ0n) is 18.1. The highest BCUT2D eigenvalue weighted by Gasteiger charge is 2.26. The number of nitrogens with zero attached hydrogens (tertiary/aromatic N) is 3. The highest BCUT2D eigenvalue weighted by molar-refractivity contribution is 7.99. The Labute approximate surface area is 191 Å². The van der Waals surface area contributed by atoms with Gasteiger partial charge in [-0.3, -0.25) is 9.69 Å². The zero-order valence-corrected chi connectivity index (χ0v) is 18.9. The summed E-state index contributed by atoms with van der Waals surface area (Å²) < 4.78 is 18.5. The molecule has 0 radical (unpaired) electrons. The fourth-order valence-corrected chi connectivity index (χ4v) is 4.53. The van der Waals surface area contributed by atoms with Crippen LogP contribution in [-0.4, -0.2) is 46.3 Å². The van der Waals surface area contributed by atoms with Gasteiger partial charge in [0.25, 0.3) is 0 Å². The highest BCUT2D eigenvalue weighted by atomic mass is 32.2. The molecule has 168 valence electrons. The van der Waals surface area contributed by atoms with Crippen molar-refractivity contribution in [3.8, 4) is 11.4 Å². The summed E-state index contributed by atoms with van der Waals surface area (Å²) in [6, 6.07) is 14.4. The lowest BCUT2D eigenvalue weighted by molar-refractivity contribution is -0.126. The summed E-state index contributed by atoms with van der Waals surface area (Å²) >= 11 is 1.75. The van der Waals surface area contributed by atoms with Crippen LogP contribution in [0.3, 0.4) is 0 Å². The van der Waals surface area contributed by atoms with Crippen LogP contribution in [0.25, 0.3) is 11.4 Å². The standard InChI is InChI=1S/C24H27FN4O2S/c1-17-4-10-21(11-5-17)32-14-12-26-24(30)19-3-2-13-29(15-19)16-22-27-23(28-31-22)18-6-8-20(25)9-7-18/h4-11,19H,2-3,12-16H2,1H3,(H,26,30). The average Bonchev–Trinajstić information content (AvgIpc) is 3.27. The second kappa shape index (κ2) is 10.7. The summed E-state index contributed by atoms with van der Waals surface area (Å²) in [7, 11) is 0. The molecule has 6 nitrogen and oxygen atoms in total. The van der Waals surface area contributed by atoms with E-state index in [9.17, 15) is 9.18 Å². The number of hydrogen-bond donors (Lipinski definition) is 1. The first-order chi connectivity index (χ1) is 15.6. The third kappa shape index (κ3) is 6.17. The molecule has 1 aromatic heterocycles. The fraction of sp³-hybridized carbons (Fsp3) is 0.375. The maximum absolute atomic E-state index is 13.1. The van der Waals surface area contributed by atoms with E-state index in [-0.39, 0.29) is 17.6 Å². The van der Waals surface area contributed by atoms with E-state index in [2.05, 4.69) is 51.5 Å². The zero-order chi connectivity index (χ0) is 22.3. The van der Waals surface area contributed by atoms with Gasteiger partial charge < -0.3 is 9.84 Å². The molecule has 8 heteroatoms. The summed E-state index contributed by atoms with van der Waals surface area (Å²) in [6.45, 7) is 4.79. The summed E-state index contributed by atoms with van der Waals surface area (Å²) in [5.74, 6) is 1.56. The molecular formula is C24H27FN4O2S. The molecule has 3 aromatic rings. The predicted octanol–water partition coefficient (Wildman–Crippen LogP) is 4.30. The van der Waals surface area contributed by atoms with Crippen LogP contribution in [0.4, 0.5) is 4.39 Å². The molecule has 1 saturated heterocycles. The molecule has 1 unspecified atom stereocenters. The number of halogens is 1. The summed E-state index contributed by atoms with van der Waals surface area (Å²) in [4.78, 5) is 20.5. The smallest absolute Gasteiger partial charge is 0.241 e. The van der Waals surface area contributed by atoms with Gasteiger partial charge in [0.1, 0.15) is 5.82 Å². The van der Waals surface area contributed by atoms with Crippen molar-refractivity contribution < 1.29 is 13.7 Å². The summed E-state index contributed by atoms with van der Waals surface area (Å²) in [6.07, 6.45) is 1.84. The van der Waals surface area contributed by atoms with Gasteiger partial charge in [0.05, 0.1) is 12.5 Å². The van der Waals surface area contributed by atoms with Gasteiger partial charge in [-0.1, -0.05) is 22.9 Å². The molecule has 1 amide bonds. The van der Waals surface area contributed by atoms with Gasteiger partial charge in [-0.15, -0.1) is 11.8 Å². The molecule has 4 rings (SSSR count). The summed E-state index contributed by atoms with van der Waals surface area (Å²) in [5.41, 5.74) is 1.96. The van der Waals surface area contributed by atoms with E-state index in [4.69, 9.17) is 4.52 Å². The number of carbonyl (C=O) groups excluding carboxylic acids is 1. The molecule has 1 atom stereocenters. The maximum atomic E-state index is 13.1. The molecule has 1 fully saturated rings. The Morgan fingerprint density at radius 2 is 2.00 bits per heavy atom. The number of aryl methyl sites for hydroxylation is 1. The van der Waals surface area contributed by atoms with Crippen molar-refractivity contribution in [3.05, 3.63) is 65.8 Å². The first-order valence-corrected chi connectivity index (χ1v) is 11.8. The largest absolute Gasteiger partial charge is 0.355 e. The van der Waals surface area contributed by atoms with E-state index in [0.29, 0.717) is 36.9 Å². The van der Waals surface area contributed by atoms with Crippen LogP contribution < -0.4 is 5.32 Å². The molecule has 0 aliphatic carbocycles. The highest BCUT2D eigenvalue weighted by Crippen LogP contribution is 2.21. The third-order valence-electron chi connectivity index (χ3n) is 5.50. The Morgan fingerprint density at radius 3 is 2.78 bits per heavy atom. The predicted molar refractivity (Wildman–Crippen MR) is 123 cm³/mol. The quantitative estimate of drug-likeness (QED) is 0.404. The van der Waals surface area contributed by atoms with Gasteiger partial charge in [0, 0.05) is 29.3 Å². The Kier molecular flexibility index (Phi) is 7.55. The van der Waals surface area contributed by atoms with Crippen molar-refractivity contribution in [2.75, 3.05) is 25.4 Å². The molecule has 1 N–H and O–H groups in total. The minimum absolute atomic E-state index is 0.0346. The Morgan fingerprint density at radius 1 is 1.22 bits per heavy atom. The lowest BCUT2D eigenvalue weighted by Gasteiger charge is -2.30. The minimum Gasteiger partial charge on any atom is -0.355 e. The topological polar surface area (TPSA) is 71.3 Å². The number of aromatic nitrogens is 2. The number of piperidine rings is 1. The third-order valence-corrected chi connectivity index (χ3v) is 6.51. The lowest BCUT2D eigenvalue weighted by atomic mass is 9.97. The normalized spacial score (nSPS) is 16.8. The van der Waals surface area contributed by atoms with Crippen LogP contribution in [0, 0.1) is 18.7 Å². The SMILES string of the molecule is Cc1ccc(SCCNC(=O)C2CCCN(Cc3nc(-c4ccc(F)cc4)no3)C2)cc1. The van der Waals surface area contributed by atoms with Crippen LogP contribution in [0.2, 0.25) is 0 Å². The molecule has 32 heavy (non-hydrogen) atoms. The van der Waals surface area contributed by atoms with E-state index in [1.807, 2.05) is 0 Å². The first-order valence-electron chi connectivity index (χ1n) is 10.8. The number of likely N-dealkylation sites (tertiary alicyclic amines) is 1. The molecule has 0 spiro atoms. The lowest BCUT2D eigenvalue weighted by Crippen LogP contribution is -2.43. The van der Waals surface area contributed by atoms with Gasteiger partial charge in [-0.25, -0.2) is 4.39 Å². The fourth-order valence-electron chi connectivity index (χ4n) is 3.76. The second-order valence-electron chi connectivity index (χ2n) is 8.05. The van der Waals surface area contributed by atoms with Crippen molar-refractivity contribution in [2.24, 2.45) is 5.92 Å². The van der Waals surface area contributed by atoms with E-state index in [1.165, 1.54) is 22.6 Å². The van der Waals surface area contributed by atoms with Crippen molar-refractivity contribution in [2.45, 2.75) is 31.2 Å². The molecule has 1 aliphatic heterocycles. The molecule has 2 aromatic carbocycles. The second-order valence-corrected chi connectivity index (χ2v) is 9.21. The molecule has 0 bridgehead atoms. The van der Waals surface area contributed by atoms with Crippen molar-refractivity contribution in [1.29, 1.82) is 0 Å². The van der Waals surface area contributed by atoms with Gasteiger partial charge in [-0.2, -0.15) is 4.98 Å². The van der Waals surface area contributed by atoms with Crippen LogP contribution in [-0.2, 0) is 11.3 Å². The number of rotatable bonds is 8. The number of nitrogens with one attached hydrogen (secondary N) is 1. The van der Waals surface area contributed by atoms with Crippen molar-refractivity contribution >= 4 is 17.7 Å². The van der Waals surface area contributed by atoms with Crippen molar-refractivity contribution in [1.82, 2.24) is 20.4 Å². The van der Waals surface area contributed by atoms with Crippen LogP contribution in [0.1, 0.15) is 24.3 Å². The van der Waals surface area contributed by atoms with Crippen LogP contribution >= 0.6 is 11.8 Å². The van der Waals surface area contributed by atoms with E-state index in [0.717, 1.165) is 25.1 Å². The minimum atomic E-state index is -0.302. The van der Waals surface area contributed by atoms with E-state index < -0.39 is 0 Å². The van der Waals surface area contributed by atoms with E-state index >= 15 is 0 Å². The number of hydrogen-bond acceptors (Lipinski definition) is 6. The Bertz CT molecular complexity index is 1020.